The Morgan fingerprint density at radius 2 is 1.81 bits per heavy atom. The number of hydrogen-bond donors (Lipinski definition) is 2. The molecule has 0 bridgehead atoms. The van der Waals surface area contributed by atoms with E-state index in [1.54, 1.807) is 12.1 Å². The first-order chi connectivity index (χ1) is 13.0. The zero-order valence-electron chi connectivity index (χ0n) is 15.9. The fourth-order valence-electron chi connectivity index (χ4n) is 3.40. The van der Waals surface area contributed by atoms with E-state index < -0.39 is 0 Å². The molecule has 2 N–H and O–H groups in total. The molecule has 3 rings (SSSR count). The van der Waals surface area contributed by atoms with Crippen molar-refractivity contribution in [3.63, 3.8) is 0 Å². The summed E-state index contributed by atoms with van der Waals surface area (Å²) in [6.45, 7) is 3.95. The molecule has 0 aromatic heterocycles. The number of amides is 2. The van der Waals surface area contributed by atoms with Crippen molar-refractivity contribution < 1.29 is 14.3 Å². The van der Waals surface area contributed by atoms with Crippen LogP contribution in [0.4, 0.5) is 17.1 Å². The molecule has 2 unspecified atom stereocenters. The van der Waals surface area contributed by atoms with Crippen molar-refractivity contribution >= 4 is 28.9 Å². The number of carbonyl (C=O) groups excluding carboxylic acids is 2. The van der Waals surface area contributed by atoms with Crippen LogP contribution in [0.15, 0.2) is 48.5 Å². The number of para-hydroxylation sites is 1. The fourth-order valence-corrected chi connectivity index (χ4v) is 3.40. The molecule has 0 saturated heterocycles. The molecule has 6 nitrogen and oxygen atoms in total. The summed E-state index contributed by atoms with van der Waals surface area (Å²) in [5.41, 5.74) is 3.71. The normalized spacial score (nSPS) is 16.6. The number of carbonyl (C=O) groups is 2. The van der Waals surface area contributed by atoms with Crippen molar-refractivity contribution in [2.45, 2.75) is 32.4 Å². The maximum Gasteiger partial charge on any atom is 0.250 e. The molecule has 2 amide bonds. The standard InChI is InChI=1S/C21H25N3O3/c1-14-12-16-6-4-5-7-19(16)24(14)21(26)15(2)22-17-8-10-18(11-9-17)23-20(25)13-27-3/h4-11,14-15,22H,12-13H2,1-3H3,(H,23,25). The lowest BCUT2D eigenvalue weighted by atomic mass is 10.1. The second-order valence-corrected chi connectivity index (χ2v) is 6.81. The van der Waals surface area contributed by atoms with E-state index in [0.29, 0.717) is 5.69 Å². The predicted octanol–water partition coefficient (Wildman–Crippen LogP) is 3.05. The number of methoxy groups -OCH3 is 1. The van der Waals surface area contributed by atoms with E-state index in [1.807, 2.05) is 42.2 Å². The Hall–Kier alpha value is -2.86. The van der Waals surface area contributed by atoms with Crippen molar-refractivity contribution in [3.8, 4) is 0 Å². The van der Waals surface area contributed by atoms with Gasteiger partial charge in [0.15, 0.2) is 0 Å². The van der Waals surface area contributed by atoms with Crippen LogP contribution < -0.4 is 15.5 Å². The second-order valence-electron chi connectivity index (χ2n) is 6.81. The number of rotatable bonds is 6. The van der Waals surface area contributed by atoms with Gasteiger partial charge in [-0.15, -0.1) is 0 Å². The number of anilines is 3. The van der Waals surface area contributed by atoms with Crippen LogP contribution in [0.3, 0.4) is 0 Å². The van der Waals surface area contributed by atoms with E-state index in [-0.39, 0.29) is 30.5 Å². The molecule has 2 aromatic rings. The maximum absolute atomic E-state index is 13.0. The molecule has 0 spiro atoms. The summed E-state index contributed by atoms with van der Waals surface area (Å²) in [6.07, 6.45) is 0.879. The van der Waals surface area contributed by atoms with Gasteiger partial charge in [0.1, 0.15) is 12.6 Å². The Balaban J connectivity index is 1.64. The quantitative estimate of drug-likeness (QED) is 0.823. The number of benzene rings is 2. The monoisotopic (exact) mass is 367 g/mol. The minimum Gasteiger partial charge on any atom is -0.375 e. The van der Waals surface area contributed by atoms with Crippen LogP contribution in [0.1, 0.15) is 19.4 Å². The highest BCUT2D eigenvalue weighted by Crippen LogP contribution is 2.32. The maximum atomic E-state index is 13.0. The van der Waals surface area contributed by atoms with Crippen molar-refractivity contribution in [1.29, 1.82) is 0 Å². The Kier molecular flexibility index (Phi) is 5.76. The molecule has 0 aliphatic carbocycles. The van der Waals surface area contributed by atoms with Gasteiger partial charge in [-0.05, 0) is 56.2 Å². The summed E-state index contributed by atoms with van der Waals surface area (Å²) in [5, 5.41) is 5.99. The minimum absolute atomic E-state index is 0.0149. The van der Waals surface area contributed by atoms with Gasteiger partial charge >= 0.3 is 0 Å². The summed E-state index contributed by atoms with van der Waals surface area (Å²) >= 11 is 0. The van der Waals surface area contributed by atoms with Gasteiger partial charge in [0.25, 0.3) is 0 Å². The molecule has 1 heterocycles. The predicted molar refractivity (Wildman–Crippen MR) is 107 cm³/mol. The first-order valence-electron chi connectivity index (χ1n) is 9.06. The summed E-state index contributed by atoms with van der Waals surface area (Å²) < 4.78 is 4.79. The number of ether oxygens (including phenoxy) is 1. The topological polar surface area (TPSA) is 70.7 Å². The van der Waals surface area contributed by atoms with Crippen molar-refractivity contribution in [3.05, 3.63) is 54.1 Å². The number of fused-ring (bicyclic) bond motifs is 1. The Labute approximate surface area is 159 Å². The Morgan fingerprint density at radius 3 is 2.52 bits per heavy atom. The molecule has 0 radical (unpaired) electrons. The molecule has 6 heteroatoms. The van der Waals surface area contributed by atoms with E-state index >= 15 is 0 Å². The molecule has 0 fully saturated rings. The lowest BCUT2D eigenvalue weighted by Gasteiger charge is -2.27. The van der Waals surface area contributed by atoms with Gasteiger partial charge in [-0.2, -0.15) is 0 Å². The van der Waals surface area contributed by atoms with Crippen molar-refractivity contribution in [1.82, 2.24) is 0 Å². The lowest BCUT2D eigenvalue weighted by molar-refractivity contribution is -0.120. The van der Waals surface area contributed by atoms with E-state index in [2.05, 4.69) is 23.6 Å². The molecule has 1 aliphatic rings. The van der Waals surface area contributed by atoms with Gasteiger partial charge in [-0.1, -0.05) is 18.2 Å². The molecule has 27 heavy (non-hydrogen) atoms. The van der Waals surface area contributed by atoms with E-state index in [4.69, 9.17) is 4.74 Å². The largest absolute Gasteiger partial charge is 0.375 e. The minimum atomic E-state index is -0.368. The average Bonchev–Trinajstić information content (AvgIpc) is 2.98. The molecule has 1 aliphatic heterocycles. The highest BCUT2D eigenvalue weighted by atomic mass is 16.5. The average molecular weight is 367 g/mol. The first-order valence-corrected chi connectivity index (χ1v) is 9.06. The van der Waals surface area contributed by atoms with E-state index in [1.165, 1.54) is 12.7 Å². The molecular weight excluding hydrogens is 342 g/mol. The molecule has 2 aromatic carbocycles. The molecule has 2 atom stereocenters. The molecule has 0 saturated carbocycles. The van der Waals surface area contributed by atoms with E-state index in [0.717, 1.165) is 17.8 Å². The summed E-state index contributed by atoms with van der Waals surface area (Å²) in [4.78, 5) is 26.4. The first kappa shape index (κ1) is 18.9. The zero-order valence-corrected chi connectivity index (χ0v) is 15.9. The van der Waals surface area contributed by atoms with Crippen LogP contribution in [0, 0.1) is 0 Å². The third kappa shape index (κ3) is 4.28. The summed E-state index contributed by atoms with van der Waals surface area (Å²) in [6, 6.07) is 15.1. The van der Waals surface area contributed by atoms with Gasteiger partial charge in [0, 0.05) is 30.2 Å². The zero-order chi connectivity index (χ0) is 19.4. The highest BCUT2D eigenvalue weighted by Gasteiger charge is 2.32. The van der Waals surface area contributed by atoms with Crippen LogP contribution in [0.25, 0.3) is 0 Å². The van der Waals surface area contributed by atoms with E-state index in [9.17, 15) is 9.59 Å². The van der Waals surface area contributed by atoms with Crippen LogP contribution >= 0.6 is 0 Å². The SMILES string of the molecule is COCC(=O)Nc1ccc(NC(C)C(=O)N2c3ccccc3CC2C)cc1. The Bertz CT molecular complexity index is 820. The van der Waals surface area contributed by atoms with Crippen LogP contribution in [0.2, 0.25) is 0 Å². The Morgan fingerprint density at radius 1 is 1.15 bits per heavy atom. The lowest BCUT2D eigenvalue weighted by Crippen LogP contribution is -2.44. The van der Waals surface area contributed by atoms with Crippen LogP contribution in [-0.2, 0) is 20.7 Å². The second kappa shape index (κ2) is 8.22. The smallest absolute Gasteiger partial charge is 0.250 e. The van der Waals surface area contributed by atoms with Crippen LogP contribution in [0.5, 0.6) is 0 Å². The van der Waals surface area contributed by atoms with Gasteiger partial charge in [-0.25, -0.2) is 0 Å². The molecular formula is C21H25N3O3. The van der Waals surface area contributed by atoms with Gasteiger partial charge in [0.2, 0.25) is 11.8 Å². The summed E-state index contributed by atoms with van der Waals surface area (Å²) in [5.74, 6) is -0.159. The highest BCUT2D eigenvalue weighted by molar-refractivity contribution is 6.00. The summed E-state index contributed by atoms with van der Waals surface area (Å²) in [7, 11) is 1.48. The number of nitrogens with zero attached hydrogens (tertiary/aromatic N) is 1. The fraction of sp³-hybridized carbons (Fsp3) is 0.333. The molecule has 142 valence electrons. The van der Waals surface area contributed by atoms with Gasteiger partial charge in [-0.3, -0.25) is 9.59 Å². The third-order valence-corrected chi connectivity index (χ3v) is 4.64. The number of hydrogen-bond acceptors (Lipinski definition) is 4. The number of nitrogens with one attached hydrogen (secondary N) is 2. The van der Waals surface area contributed by atoms with Gasteiger partial charge < -0.3 is 20.3 Å². The van der Waals surface area contributed by atoms with Gasteiger partial charge in [0.05, 0.1) is 0 Å². The third-order valence-electron chi connectivity index (χ3n) is 4.64. The van der Waals surface area contributed by atoms with Crippen molar-refractivity contribution in [2.75, 3.05) is 29.3 Å². The van der Waals surface area contributed by atoms with Crippen molar-refractivity contribution in [2.24, 2.45) is 0 Å². The van der Waals surface area contributed by atoms with Crippen LogP contribution in [-0.4, -0.2) is 37.6 Å².